The molecule has 158 valence electrons. The van der Waals surface area contributed by atoms with E-state index in [1.807, 2.05) is 0 Å². The molecule has 0 heterocycles. The van der Waals surface area contributed by atoms with Gasteiger partial charge in [0.05, 0.1) is 26.2 Å². The molecule has 1 unspecified atom stereocenters. The van der Waals surface area contributed by atoms with Crippen LogP contribution in [0.2, 0.25) is 0 Å². The van der Waals surface area contributed by atoms with Gasteiger partial charge in [0.15, 0.2) is 11.5 Å². The van der Waals surface area contributed by atoms with Gasteiger partial charge in [-0.3, -0.25) is 9.10 Å². The van der Waals surface area contributed by atoms with E-state index in [2.05, 4.69) is 5.32 Å². The van der Waals surface area contributed by atoms with Crippen LogP contribution >= 0.6 is 0 Å². The fraction of sp³-hybridized carbons (Fsp3) is 0.650. The molecule has 0 spiro atoms. The number of carbonyl (C=O) groups excluding carboxylic acids is 1. The molecule has 28 heavy (non-hydrogen) atoms. The van der Waals surface area contributed by atoms with Gasteiger partial charge in [0.1, 0.15) is 6.04 Å². The summed E-state index contributed by atoms with van der Waals surface area (Å²) in [6.07, 6.45) is 8.77. The van der Waals surface area contributed by atoms with Crippen LogP contribution in [0.5, 0.6) is 11.5 Å². The number of hydrogen-bond donors (Lipinski definition) is 1. The maximum atomic E-state index is 12.9. The summed E-state index contributed by atoms with van der Waals surface area (Å²) in [6.45, 7) is 1.61. The summed E-state index contributed by atoms with van der Waals surface area (Å²) in [5.74, 6) is 0.610. The normalized spacial score (nSPS) is 17.1. The lowest BCUT2D eigenvalue weighted by Gasteiger charge is -2.30. The topological polar surface area (TPSA) is 84.9 Å². The van der Waals surface area contributed by atoms with E-state index in [4.69, 9.17) is 9.47 Å². The molecule has 8 heteroatoms. The summed E-state index contributed by atoms with van der Waals surface area (Å²) in [7, 11) is -0.690. The average Bonchev–Trinajstić information content (AvgIpc) is 2.62. The van der Waals surface area contributed by atoms with E-state index in [9.17, 15) is 13.2 Å². The van der Waals surface area contributed by atoms with Crippen molar-refractivity contribution in [1.29, 1.82) is 0 Å². The fourth-order valence-corrected chi connectivity index (χ4v) is 4.86. The first-order chi connectivity index (χ1) is 13.3. The van der Waals surface area contributed by atoms with E-state index >= 15 is 0 Å². The Hall–Kier alpha value is -1.96. The molecule has 2 rings (SSSR count). The second-order valence-corrected chi connectivity index (χ2v) is 9.18. The largest absolute Gasteiger partial charge is 0.493 e. The minimum atomic E-state index is -3.68. The lowest BCUT2D eigenvalue weighted by Crippen LogP contribution is -2.50. The lowest BCUT2D eigenvalue weighted by atomic mass is 9.96. The van der Waals surface area contributed by atoms with Crippen molar-refractivity contribution in [2.45, 2.75) is 64.0 Å². The molecule has 7 nitrogen and oxygen atoms in total. The molecule has 0 bridgehead atoms. The Bertz CT molecular complexity index is 758. The SMILES string of the molecule is COc1ccc(N(C(C)C(=O)NC2CCCCCCC2)S(C)(=O)=O)cc1OC. The van der Waals surface area contributed by atoms with Gasteiger partial charge in [-0.15, -0.1) is 0 Å². The standard InChI is InChI=1S/C20H32N2O5S/c1-15(20(23)21-16-10-8-6-5-7-9-11-16)22(28(4,24)25)17-12-13-18(26-2)19(14-17)27-3/h12-16H,5-11H2,1-4H3,(H,21,23). The van der Waals surface area contributed by atoms with Gasteiger partial charge in [-0.2, -0.15) is 0 Å². The van der Waals surface area contributed by atoms with Crippen LogP contribution in [0.3, 0.4) is 0 Å². The molecular formula is C20H32N2O5S. The van der Waals surface area contributed by atoms with Crippen LogP contribution in [-0.4, -0.2) is 46.9 Å². The van der Waals surface area contributed by atoms with Gasteiger partial charge in [-0.1, -0.05) is 32.1 Å². The van der Waals surface area contributed by atoms with E-state index in [0.29, 0.717) is 17.2 Å². The molecule has 1 aliphatic rings. The highest BCUT2D eigenvalue weighted by molar-refractivity contribution is 7.92. The van der Waals surface area contributed by atoms with E-state index in [0.717, 1.165) is 36.2 Å². The van der Waals surface area contributed by atoms with Crippen molar-refractivity contribution >= 4 is 21.6 Å². The van der Waals surface area contributed by atoms with Crippen molar-refractivity contribution in [3.05, 3.63) is 18.2 Å². The minimum Gasteiger partial charge on any atom is -0.493 e. The molecule has 1 N–H and O–H groups in total. The summed E-state index contributed by atoms with van der Waals surface area (Å²) in [5.41, 5.74) is 0.362. The third-order valence-electron chi connectivity index (χ3n) is 5.16. The van der Waals surface area contributed by atoms with Gasteiger partial charge in [0.25, 0.3) is 0 Å². The number of anilines is 1. The molecule has 1 aromatic rings. The number of ether oxygens (including phenoxy) is 2. The predicted molar refractivity (Wildman–Crippen MR) is 111 cm³/mol. The Morgan fingerprint density at radius 3 is 2.18 bits per heavy atom. The van der Waals surface area contributed by atoms with Gasteiger partial charge in [-0.25, -0.2) is 8.42 Å². The van der Waals surface area contributed by atoms with Crippen molar-refractivity contribution in [1.82, 2.24) is 5.32 Å². The lowest BCUT2D eigenvalue weighted by molar-refractivity contribution is -0.122. The summed E-state index contributed by atoms with van der Waals surface area (Å²) in [5, 5.41) is 3.06. The Balaban J connectivity index is 2.23. The monoisotopic (exact) mass is 412 g/mol. The Morgan fingerprint density at radius 2 is 1.64 bits per heavy atom. The van der Waals surface area contributed by atoms with Crippen LogP contribution in [0.1, 0.15) is 51.9 Å². The maximum absolute atomic E-state index is 12.9. The highest BCUT2D eigenvalue weighted by Gasteiger charge is 2.31. The summed E-state index contributed by atoms with van der Waals surface area (Å²) >= 11 is 0. The first-order valence-corrected chi connectivity index (χ1v) is 11.6. The van der Waals surface area contributed by atoms with Gasteiger partial charge < -0.3 is 14.8 Å². The third-order valence-corrected chi connectivity index (χ3v) is 6.40. The van der Waals surface area contributed by atoms with Crippen LogP contribution in [0.25, 0.3) is 0 Å². The Morgan fingerprint density at radius 1 is 1.07 bits per heavy atom. The van der Waals surface area contributed by atoms with Crippen molar-refractivity contribution in [2.75, 3.05) is 24.8 Å². The number of rotatable bonds is 7. The van der Waals surface area contributed by atoms with E-state index in [1.54, 1.807) is 25.1 Å². The molecule has 1 amide bonds. The quantitative estimate of drug-likeness (QED) is 0.744. The zero-order valence-corrected chi connectivity index (χ0v) is 18.0. The number of benzene rings is 1. The number of carbonyl (C=O) groups is 1. The number of amides is 1. The number of nitrogens with one attached hydrogen (secondary N) is 1. The average molecular weight is 413 g/mol. The number of sulfonamides is 1. The van der Waals surface area contributed by atoms with Gasteiger partial charge in [0.2, 0.25) is 15.9 Å². The fourth-order valence-electron chi connectivity index (χ4n) is 3.69. The smallest absolute Gasteiger partial charge is 0.243 e. The molecule has 0 aliphatic heterocycles. The Kier molecular flexibility index (Phi) is 7.98. The molecule has 0 saturated heterocycles. The van der Waals surface area contributed by atoms with E-state index in [-0.39, 0.29) is 11.9 Å². The molecule has 1 saturated carbocycles. The van der Waals surface area contributed by atoms with Crippen LogP contribution in [0.4, 0.5) is 5.69 Å². The molecule has 0 aromatic heterocycles. The maximum Gasteiger partial charge on any atom is 0.243 e. The molecule has 0 radical (unpaired) electrons. The zero-order chi connectivity index (χ0) is 20.7. The number of nitrogens with zero attached hydrogens (tertiary/aromatic N) is 1. The summed E-state index contributed by atoms with van der Waals surface area (Å²) in [6, 6.07) is 4.04. The third kappa shape index (κ3) is 5.77. The molecule has 1 aliphatic carbocycles. The van der Waals surface area contributed by atoms with Crippen LogP contribution in [0, 0.1) is 0 Å². The van der Waals surface area contributed by atoms with Gasteiger partial charge in [0, 0.05) is 12.1 Å². The predicted octanol–water partition coefficient (Wildman–Crippen LogP) is 3.09. The second kappa shape index (κ2) is 10.0. The summed E-state index contributed by atoms with van der Waals surface area (Å²) < 4.78 is 36.6. The highest BCUT2D eigenvalue weighted by atomic mass is 32.2. The molecule has 1 fully saturated rings. The van der Waals surface area contributed by atoms with Crippen molar-refractivity contribution in [3.8, 4) is 11.5 Å². The van der Waals surface area contributed by atoms with Crippen LogP contribution in [0.15, 0.2) is 18.2 Å². The second-order valence-electron chi connectivity index (χ2n) is 7.32. The van der Waals surface area contributed by atoms with E-state index in [1.165, 1.54) is 33.5 Å². The Labute approximate surface area is 168 Å². The zero-order valence-electron chi connectivity index (χ0n) is 17.2. The van der Waals surface area contributed by atoms with Crippen molar-refractivity contribution < 1.29 is 22.7 Å². The van der Waals surface area contributed by atoms with Gasteiger partial charge >= 0.3 is 0 Å². The first-order valence-electron chi connectivity index (χ1n) is 9.79. The highest BCUT2D eigenvalue weighted by Crippen LogP contribution is 2.33. The van der Waals surface area contributed by atoms with Crippen molar-refractivity contribution in [2.24, 2.45) is 0 Å². The number of hydrogen-bond acceptors (Lipinski definition) is 5. The van der Waals surface area contributed by atoms with Crippen molar-refractivity contribution in [3.63, 3.8) is 0 Å². The minimum absolute atomic E-state index is 0.0991. The molecular weight excluding hydrogens is 380 g/mol. The molecule has 1 atom stereocenters. The van der Waals surface area contributed by atoms with Gasteiger partial charge in [-0.05, 0) is 31.9 Å². The first kappa shape index (κ1) is 22.3. The number of methoxy groups -OCH3 is 2. The van der Waals surface area contributed by atoms with Crippen LogP contribution in [-0.2, 0) is 14.8 Å². The summed E-state index contributed by atoms with van der Waals surface area (Å²) in [4.78, 5) is 12.9. The molecule has 1 aromatic carbocycles. The van der Waals surface area contributed by atoms with E-state index < -0.39 is 16.1 Å². The van der Waals surface area contributed by atoms with Crippen LogP contribution < -0.4 is 19.1 Å².